The molecule has 0 spiro atoms. The van der Waals surface area contributed by atoms with Crippen molar-refractivity contribution in [2.45, 2.75) is 32.5 Å². The summed E-state index contributed by atoms with van der Waals surface area (Å²) in [5.74, 6) is 0.585. The lowest BCUT2D eigenvalue weighted by Crippen LogP contribution is -2.48. The number of rotatable bonds is 5. The average molecular weight is 381 g/mol. The van der Waals surface area contributed by atoms with Gasteiger partial charge in [-0.05, 0) is 37.5 Å². The maximum atomic E-state index is 12.7. The van der Waals surface area contributed by atoms with Crippen LogP contribution in [0.25, 0.3) is 0 Å². The lowest BCUT2D eigenvalue weighted by molar-refractivity contribution is -0.129. The van der Waals surface area contributed by atoms with E-state index in [-0.39, 0.29) is 30.6 Å². The van der Waals surface area contributed by atoms with E-state index in [1.165, 1.54) is 0 Å². The molecule has 0 bridgehead atoms. The van der Waals surface area contributed by atoms with Crippen molar-refractivity contribution in [3.63, 3.8) is 0 Å². The second-order valence-corrected chi connectivity index (χ2v) is 8.22. The van der Waals surface area contributed by atoms with Crippen LogP contribution in [0.15, 0.2) is 24.3 Å². The first-order valence-electron chi connectivity index (χ1n) is 9.45. The smallest absolute Gasteiger partial charge is 0.227 e. The molecular formula is C20H29ClN2O3. The molecule has 2 heterocycles. The highest BCUT2D eigenvalue weighted by molar-refractivity contribution is 6.30. The Morgan fingerprint density at radius 3 is 2.35 bits per heavy atom. The van der Waals surface area contributed by atoms with Crippen molar-refractivity contribution in [2.75, 3.05) is 39.3 Å². The van der Waals surface area contributed by atoms with Crippen molar-refractivity contribution in [3.05, 3.63) is 34.9 Å². The van der Waals surface area contributed by atoms with Gasteiger partial charge in [-0.2, -0.15) is 0 Å². The van der Waals surface area contributed by atoms with E-state index in [0.717, 1.165) is 31.7 Å². The number of aliphatic hydroxyl groups excluding tert-OH is 1. The molecule has 2 aliphatic heterocycles. The summed E-state index contributed by atoms with van der Waals surface area (Å²) in [6.07, 6.45) is 0.846. The Kier molecular flexibility index (Phi) is 6.56. The van der Waals surface area contributed by atoms with Crippen LogP contribution in [-0.2, 0) is 16.0 Å². The lowest BCUT2D eigenvalue weighted by Gasteiger charge is -2.37. The second-order valence-electron chi connectivity index (χ2n) is 7.78. The van der Waals surface area contributed by atoms with Gasteiger partial charge in [0.05, 0.1) is 18.6 Å². The van der Waals surface area contributed by atoms with Crippen LogP contribution in [0.4, 0.5) is 0 Å². The zero-order valence-electron chi connectivity index (χ0n) is 15.6. The van der Waals surface area contributed by atoms with E-state index in [9.17, 15) is 9.90 Å². The minimum atomic E-state index is 0.122. The highest BCUT2D eigenvalue weighted by Gasteiger charge is 2.36. The number of aliphatic hydroxyl groups is 1. The van der Waals surface area contributed by atoms with Gasteiger partial charge in [0, 0.05) is 50.3 Å². The SMILES string of the molecule is C[C@@H]1CN(C[C@H]2CN(C(=O)Cc3ccc(Cl)cc3)C[C@H]2CO)C[C@H](C)O1. The third-order valence-corrected chi connectivity index (χ3v) is 5.67. The van der Waals surface area contributed by atoms with Crippen molar-refractivity contribution < 1.29 is 14.6 Å². The number of morpholine rings is 1. The number of amides is 1. The molecule has 2 fully saturated rings. The highest BCUT2D eigenvalue weighted by atomic mass is 35.5. The highest BCUT2D eigenvalue weighted by Crippen LogP contribution is 2.26. The topological polar surface area (TPSA) is 53.0 Å². The number of ether oxygens (including phenoxy) is 1. The van der Waals surface area contributed by atoms with E-state index in [0.29, 0.717) is 23.9 Å². The monoisotopic (exact) mass is 380 g/mol. The van der Waals surface area contributed by atoms with E-state index in [1.807, 2.05) is 29.2 Å². The third kappa shape index (κ3) is 4.97. The van der Waals surface area contributed by atoms with Crippen molar-refractivity contribution in [1.82, 2.24) is 9.80 Å². The number of carbonyl (C=O) groups excluding carboxylic acids is 1. The maximum absolute atomic E-state index is 12.7. The van der Waals surface area contributed by atoms with E-state index in [1.54, 1.807) is 0 Å². The maximum Gasteiger partial charge on any atom is 0.227 e. The molecule has 1 aromatic carbocycles. The fourth-order valence-corrected chi connectivity index (χ4v) is 4.34. The normalized spacial score (nSPS) is 29.9. The Bertz CT molecular complexity index is 600. The molecule has 4 atom stereocenters. The van der Waals surface area contributed by atoms with Crippen LogP contribution in [0.3, 0.4) is 0 Å². The van der Waals surface area contributed by atoms with Crippen LogP contribution in [-0.4, -0.2) is 72.4 Å². The van der Waals surface area contributed by atoms with Gasteiger partial charge in [-0.15, -0.1) is 0 Å². The van der Waals surface area contributed by atoms with Gasteiger partial charge in [0.25, 0.3) is 0 Å². The summed E-state index contributed by atoms with van der Waals surface area (Å²) >= 11 is 5.91. The molecule has 144 valence electrons. The average Bonchev–Trinajstić information content (AvgIpc) is 2.99. The number of hydrogen-bond acceptors (Lipinski definition) is 4. The molecule has 1 N–H and O–H groups in total. The van der Waals surface area contributed by atoms with E-state index < -0.39 is 0 Å². The lowest BCUT2D eigenvalue weighted by atomic mass is 9.96. The molecule has 0 aliphatic carbocycles. The number of halogens is 1. The van der Waals surface area contributed by atoms with Crippen molar-refractivity contribution in [1.29, 1.82) is 0 Å². The van der Waals surface area contributed by atoms with Crippen LogP contribution in [0.2, 0.25) is 5.02 Å². The minimum absolute atomic E-state index is 0.122. The van der Waals surface area contributed by atoms with Gasteiger partial charge in [0.15, 0.2) is 0 Å². The first-order chi connectivity index (χ1) is 12.4. The Balaban J connectivity index is 1.57. The van der Waals surface area contributed by atoms with Crippen LogP contribution >= 0.6 is 11.6 Å². The van der Waals surface area contributed by atoms with Gasteiger partial charge in [-0.3, -0.25) is 9.69 Å². The van der Waals surface area contributed by atoms with Crippen molar-refractivity contribution >= 4 is 17.5 Å². The molecule has 0 unspecified atom stereocenters. The van der Waals surface area contributed by atoms with E-state index in [4.69, 9.17) is 16.3 Å². The summed E-state index contributed by atoms with van der Waals surface area (Å²) in [5.41, 5.74) is 0.972. The predicted octanol–water partition coefficient (Wildman–Crippen LogP) is 2.06. The van der Waals surface area contributed by atoms with E-state index >= 15 is 0 Å². The molecule has 0 aromatic heterocycles. The molecule has 0 radical (unpaired) electrons. The Morgan fingerprint density at radius 1 is 1.12 bits per heavy atom. The standard InChI is InChI=1S/C20H29ClN2O3/c1-14-8-22(9-15(2)26-14)10-17-11-23(12-18(17)13-24)20(25)7-16-3-5-19(21)6-4-16/h3-6,14-15,17-18,24H,7-13H2,1-2H3/t14-,15+,17-,18-/m0/s1. The van der Waals surface area contributed by atoms with Gasteiger partial charge in [-0.1, -0.05) is 23.7 Å². The molecule has 6 heteroatoms. The second kappa shape index (κ2) is 8.70. The zero-order chi connectivity index (χ0) is 18.7. The predicted molar refractivity (Wildman–Crippen MR) is 102 cm³/mol. The molecule has 3 rings (SSSR count). The first-order valence-corrected chi connectivity index (χ1v) is 9.83. The molecule has 26 heavy (non-hydrogen) atoms. The van der Waals surface area contributed by atoms with Gasteiger partial charge in [0.2, 0.25) is 5.91 Å². The molecule has 2 aliphatic rings. The van der Waals surface area contributed by atoms with Gasteiger partial charge < -0.3 is 14.7 Å². The van der Waals surface area contributed by atoms with Crippen molar-refractivity contribution in [3.8, 4) is 0 Å². The van der Waals surface area contributed by atoms with Crippen LogP contribution in [0.1, 0.15) is 19.4 Å². The summed E-state index contributed by atoms with van der Waals surface area (Å²) in [4.78, 5) is 17.0. The summed E-state index contributed by atoms with van der Waals surface area (Å²) in [6.45, 7) is 8.43. The Morgan fingerprint density at radius 2 is 1.73 bits per heavy atom. The zero-order valence-corrected chi connectivity index (χ0v) is 16.4. The number of likely N-dealkylation sites (tertiary alicyclic amines) is 1. The van der Waals surface area contributed by atoms with Gasteiger partial charge in [-0.25, -0.2) is 0 Å². The van der Waals surface area contributed by atoms with Crippen LogP contribution < -0.4 is 0 Å². The summed E-state index contributed by atoms with van der Waals surface area (Å²) in [7, 11) is 0. The summed E-state index contributed by atoms with van der Waals surface area (Å²) in [6, 6.07) is 7.42. The molecule has 1 aromatic rings. The molecule has 5 nitrogen and oxygen atoms in total. The minimum Gasteiger partial charge on any atom is -0.396 e. The number of benzene rings is 1. The fraction of sp³-hybridized carbons (Fsp3) is 0.650. The number of carbonyl (C=O) groups is 1. The summed E-state index contributed by atoms with van der Waals surface area (Å²) in [5, 5.41) is 10.5. The number of nitrogens with zero attached hydrogens (tertiary/aromatic N) is 2. The largest absolute Gasteiger partial charge is 0.396 e. The quantitative estimate of drug-likeness (QED) is 0.849. The molecule has 1 amide bonds. The molecule has 0 saturated carbocycles. The first kappa shape index (κ1) is 19.6. The number of hydrogen-bond donors (Lipinski definition) is 1. The Hall–Kier alpha value is -1.14. The summed E-state index contributed by atoms with van der Waals surface area (Å²) < 4.78 is 5.80. The molecule has 2 saturated heterocycles. The van der Waals surface area contributed by atoms with Gasteiger partial charge in [0.1, 0.15) is 0 Å². The third-order valence-electron chi connectivity index (χ3n) is 5.42. The Labute approximate surface area is 160 Å². The van der Waals surface area contributed by atoms with Crippen molar-refractivity contribution in [2.24, 2.45) is 11.8 Å². The fourth-order valence-electron chi connectivity index (χ4n) is 4.21. The molecular weight excluding hydrogens is 352 g/mol. The van der Waals surface area contributed by atoms with Gasteiger partial charge >= 0.3 is 0 Å². The van der Waals surface area contributed by atoms with Crippen LogP contribution in [0.5, 0.6) is 0 Å². The van der Waals surface area contributed by atoms with Crippen LogP contribution in [0, 0.1) is 11.8 Å². The van der Waals surface area contributed by atoms with E-state index in [2.05, 4.69) is 18.7 Å².